The van der Waals surface area contributed by atoms with Gasteiger partial charge in [0.15, 0.2) is 11.0 Å². The third-order valence-electron chi connectivity index (χ3n) is 6.13. The molecule has 0 amide bonds. The molecular formula is C25H22Br2N2O2. The summed E-state index contributed by atoms with van der Waals surface area (Å²) in [5, 5.41) is 0. The van der Waals surface area contributed by atoms with E-state index in [-0.39, 0.29) is 17.0 Å². The van der Waals surface area contributed by atoms with Crippen LogP contribution in [0, 0.1) is 0 Å². The number of nitrogens with zero attached hydrogens (tertiary/aromatic N) is 2. The number of ether oxygens (including phenoxy) is 2. The van der Waals surface area contributed by atoms with Crippen LogP contribution in [0.15, 0.2) is 65.4 Å². The van der Waals surface area contributed by atoms with Gasteiger partial charge in [-0.3, -0.25) is 0 Å². The average Bonchev–Trinajstić information content (AvgIpc) is 3.49. The Balaban J connectivity index is 0.00000204. The molecule has 31 heavy (non-hydrogen) atoms. The quantitative estimate of drug-likeness (QED) is 0.368. The second-order valence-electron chi connectivity index (χ2n) is 8.00. The maximum absolute atomic E-state index is 6.07. The minimum atomic E-state index is 0. The summed E-state index contributed by atoms with van der Waals surface area (Å²) in [6, 6.07) is 19.4. The Morgan fingerprint density at radius 3 is 2.65 bits per heavy atom. The van der Waals surface area contributed by atoms with Gasteiger partial charge in [-0.15, -0.1) is 0 Å². The zero-order chi connectivity index (χ0) is 20.1. The predicted molar refractivity (Wildman–Crippen MR) is 119 cm³/mol. The molecular weight excluding hydrogens is 520 g/mol. The molecule has 0 spiro atoms. The van der Waals surface area contributed by atoms with E-state index in [0.29, 0.717) is 0 Å². The third kappa shape index (κ3) is 3.66. The molecule has 6 rings (SSSR count). The Kier molecular flexibility index (Phi) is 5.52. The number of aromatic nitrogens is 2. The zero-order valence-electron chi connectivity index (χ0n) is 17.0. The molecule has 3 heterocycles. The van der Waals surface area contributed by atoms with E-state index in [0.717, 1.165) is 55.1 Å². The largest absolute Gasteiger partial charge is 1.00 e. The fourth-order valence-corrected chi connectivity index (χ4v) is 4.97. The van der Waals surface area contributed by atoms with Gasteiger partial charge >= 0.3 is 0 Å². The molecule has 158 valence electrons. The molecule has 2 aliphatic rings. The Morgan fingerprint density at radius 2 is 1.77 bits per heavy atom. The second-order valence-corrected chi connectivity index (χ2v) is 8.92. The van der Waals surface area contributed by atoms with Crippen LogP contribution >= 0.6 is 15.9 Å². The highest BCUT2D eigenvalue weighted by Gasteiger charge is 2.28. The van der Waals surface area contributed by atoms with Crippen molar-refractivity contribution in [2.24, 2.45) is 0 Å². The number of rotatable bonds is 4. The van der Waals surface area contributed by atoms with Crippen molar-refractivity contribution in [3.63, 3.8) is 0 Å². The van der Waals surface area contributed by atoms with E-state index in [4.69, 9.17) is 9.47 Å². The van der Waals surface area contributed by atoms with Gasteiger partial charge in [0, 0.05) is 34.0 Å². The molecule has 0 saturated heterocycles. The highest BCUT2D eigenvalue weighted by atomic mass is 79.9. The lowest BCUT2D eigenvalue weighted by Crippen LogP contribution is -3.00. The van der Waals surface area contributed by atoms with Gasteiger partial charge in [-0.1, -0.05) is 40.2 Å². The Bertz CT molecular complexity index is 1230. The van der Waals surface area contributed by atoms with Crippen LogP contribution in [-0.4, -0.2) is 17.8 Å². The number of fused-ring (bicyclic) bond motifs is 3. The van der Waals surface area contributed by atoms with E-state index in [2.05, 4.69) is 86.0 Å². The highest BCUT2D eigenvalue weighted by molar-refractivity contribution is 9.10. The first kappa shape index (κ1) is 20.6. The van der Waals surface area contributed by atoms with E-state index in [1.807, 2.05) is 0 Å². The summed E-state index contributed by atoms with van der Waals surface area (Å²) < 4.78 is 17.8. The van der Waals surface area contributed by atoms with Gasteiger partial charge in [-0.2, -0.15) is 0 Å². The Hall–Kier alpha value is -2.31. The molecule has 2 aliphatic heterocycles. The monoisotopic (exact) mass is 540 g/mol. The smallest absolute Gasteiger partial charge is 0.245 e. The van der Waals surface area contributed by atoms with Crippen LogP contribution in [0.5, 0.6) is 11.5 Å². The first-order chi connectivity index (χ1) is 14.8. The molecule has 0 radical (unpaired) electrons. The van der Waals surface area contributed by atoms with Gasteiger partial charge in [0.25, 0.3) is 0 Å². The molecule has 1 aromatic heterocycles. The topological polar surface area (TPSA) is 27.3 Å². The van der Waals surface area contributed by atoms with Crippen molar-refractivity contribution >= 4 is 27.0 Å². The van der Waals surface area contributed by atoms with Crippen LogP contribution in [0.1, 0.15) is 22.3 Å². The number of hydrogen-bond donors (Lipinski definition) is 0. The van der Waals surface area contributed by atoms with Crippen molar-refractivity contribution in [1.82, 2.24) is 4.57 Å². The molecule has 6 heteroatoms. The number of benzene rings is 3. The van der Waals surface area contributed by atoms with Gasteiger partial charge in [0.1, 0.15) is 24.6 Å². The van der Waals surface area contributed by atoms with Gasteiger partial charge in [-0.25, -0.2) is 9.13 Å². The van der Waals surface area contributed by atoms with E-state index >= 15 is 0 Å². The third-order valence-corrected chi connectivity index (χ3v) is 6.66. The lowest BCUT2D eigenvalue weighted by molar-refractivity contribution is -0.663. The molecule has 0 N–H and O–H groups in total. The maximum atomic E-state index is 6.07. The molecule has 0 aliphatic carbocycles. The number of para-hydroxylation sites is 2. The predicted octanol–water partition coefficient (Wildman–Crippen LogP) is 1.66. The van der Waals surface area contributed by atoms with Crippen LogP contribution in [0.3, 0.4) is 0 Å². The zero-order valence-corrected chi connectivity index (χ0v) is 20.2. The minimum Gasteiger partial charge on any atom is -1.00 e. The minimum absolute atomic E-state index is 0. The molecule has 4 nitrogen and oxygen atoms in total. The van der Waals surface area contributed by atoms with Crippen molar-refractivity contribution in [2.75, 3.05) is 13.2 Å². The number of hydrogen-bond acceptors (Lipinski definition) is 2. The molecule has 4 aromatic rings. The van der Waals surface area contributed by atoms with Crippen molar-refractivity contribution in [2.45, 2.75) is 25.9 Å². The van der Waals surface area contributed by atoms with Crippen LogP contribution in [0.2, 0.25) is 0 Å². The fourth-order valence-electron chi connectivity index (χ4n) is 4.70. The van der Waals surface area contributed by atoms with Crippen LogP contribution < -0.4 is 31.0 Å². The standard InChI is InChI=1S/C25H22BrN2O2.BrH/c26-19-7-5-17(6-8-19)14-27-16-28(23-4-2-1-3-22(23)27)15-21-20-10-12-29-24(20)13-18-9-11-30-25(18)21;/h1-8,13,16H,9-12,14-15H2;1H/q+1;/p-1. The molecule has 0 fully saturated rings. The number of imidazole rings is 1. The summed E-state index contributed by atoms with van der Waals surface area (Å²) in [5.74, 6) is 2.13. The normalized spacial score (nSPS) is 14.0. The summed E-state index contributed by atoms with van der Waals surface area (Å²) in [5.41, 5.74) is 7.64. The van der Waals surface area contributed by atoms with Crippen molar-refractivity contribution in [3.8, 4) is 11.5 Å². The highest BCUT2D eigenvalue weighted by Crippen LogP contribution is 2.41. The summed E-state index contributed by atoms with van der Waals surface area (Å²) in [6.07, 6.45) is 4.16. The van der Waals surface area contributed by atoms with E-state index in [1.165, 1.54) is 33.3 Å². The summed E-state index contributed by atoms with van der Waals surface area (Å²) in [7, 11) is 0. The fraction of sp³-hybridized carbons (Fsp3) is 0.240. The molecule has 0 atom stereocenters. The van der Waals surface area contributed by atoms with E-state index in [1.54, 1.807) is 0 Å². The van der Waals surface area contributed by atoms with Crippen molar-refractivity contribution in [1.29, 1.82) is 0 Å². The lowest BCUT2D eigenvalue weighted by atomic mass is 9.99. The van der Waals surface area contributed by atoms with Gasteiger partial charge in [0.2, 0.25) is 6.33 Å². The second kappa shape index (κ2) is 8.32. The first-order valence-corrected chi connectivity index (χ1v) is 11.2. The van der Waals surface area contributed by atoms with E-state index in [9.17, 15) is 0 Å². The average molecular weight is 542 g/mol. The lowest BCUT2D eigenvalue weighted by Gasteiger charge is -2.11. The van der Waals surface area contributed by atoms with Crippen LogP contribution in [-0.2, 0) is 25.9 Å². The van der Waals surface area contributed by atoms with Gasteiger partial charge < -0.3 is 26.5 Å². The van der Waals surface area contributed by atoms with Crippen LogP contribution in [0.4, 0.5) is 0 Å². The summed E-state index contributed by atoms with van der Waals surface area (Å²) >= 11 is 3.53. The van der Waals surface area contributed by atoms with Crippen LogP contribution in [0.25, 0.3) is 11.0 Å². The van der Waals surface area contributed by atoms with Gasteiger partial charge in [-0.05, 0) is 35.9 Å². The van der Waals surface area contributed by atoms with Crippen molar-refractivity contribution in [3.05, 3.63) is 87.7 Å². The molecule has 0 saturated carbocycles. The summed E-state index contributed by atoms with van der Waals surface area (Å²) in [6.45, 7) is 3.16. The molecule has 0 bridgehead atoms. The SMILES string of the molecule is Brc1ccc(C[n+]2cn(Cc3c4c(cc5c3OCC5)OCC4)c3ccccc32)cc1.[Br-]. The van der Waals surface area contributed by atoms with E-state index < -0.39 is 0 Å². The van der Waals surface area contributed by atoms with Gasteiger partial charge in [0.05, 0.1) is 13.2 Å². The maximum Gasteiger partial charge on any atom is 0.245 e. The molecule has 0 unspecified atom stereocenters. The van der Waals surface area contributed by atoms with Crippen molar-refractivity contribution < 1.29 is 31.0 Å². The Morgan fingerprint density at radius 1 is 0.968 bits per heavy atom. The number of halogens is 2. The first-order valence-electron chi connectivity index (χ1n) is 10.4. The molecule has 3 aromatic carbocycles. The Labute approximate surface area is 200 Å². The summed E-state index contributed by atoms with van der Waals surface area (Å²) in [4.78, 5) is 0.